The van der Waals surface area contributed by atoms with Gasteiger partial charge in [-0.3, -0.25) is 14.9 Å². The van der Waals surface area contributed by atoms with Crippen molar-refractivity contribution in [2.24, 2.45) is 0 Å². The van der Waals surface area contributed by atoms with Crippen LogP contribution in [0.1, 0.15) is 24.2 Å². The molecular weight excluding hydrogens is 386 g/mol. The maximum absolute atomic E-state index is 12.4. The first-order chi connectivity index (χ1) is 12.8. The number of nitrogens with one attached hydrogen (secondary N) is 2. The second kappa shape index (κ2) is 7.45. The van der Waals surface area contributed by atoms with Crippen LogP contribution in [-0.4, -0.2) is 31.0 Å². The van der Waals surface area contributed by atoms with Gasteiger partial charge in [-0.1, -0.05) is 18.3 Å². The molecule has 3 aromatic rings. The summed E-state index contributed by atoms with van der Waals surface area (Å²) in [4.78, 5) is 28.1. The Morgan fingerprint density at radius 1 is 1.07 bits per heavy atom. The van der Waals surface area contributed by atoms with Crippen LogP contribution in [-0.2, 0) is 14.6 Å². The van der Waals surface area contributed by atoms with E-state index in [1.807, 2.05) is 0 Å². The molecule has 140 valence electrons. The van der Waals surface area contributed by atoms with Gasteiger partial charge in [-0.25, -0.2) is 13.4 Å². The molecule has 0 atom stereocenters. The van der Waals surface area contributed by atoms with E-state index in [2.05, 4.69) is 15.6 Å². The highest BCUT2D eigenvalue weighted by molar-refractivity contribution is 7.91. The summed E-state index contributed by atoms with van der Waals surface area (Å²) >= 11 is 1.28. The third-order valence-electron chi connectivity index (χ3n) is 3.78. The maximum atomic E-state index is 12.4. The van der Waals surface area contributed by atoms with Crippen molar-refractivity contribution in [2.75, 3.05) is 16.4 Å². The third-order valence-corrected chi connectivity index (χ3v) is 6.47. The van der Waals surface area contributed by atoms with Crippen LogP contribution in [0.3, 0.4) is 0 Å². The van der Waals surface area contributed by atoms with Gasteiger partial charge in [0.1, 0.15) is 0 Å². The summed E-state index contributed by atoms with van der Waals surface area (Å²) < 4.78 is 24.5. The van der Waals surface area contributed by atoms with Crippen LogP contribution in [0.5, 0.6) is 0 Å². The summed E-state index contributed by atoms with van der Waals surface area (Å²) in [5.74, 6) is -0.539. The molecule has 2 N–H and O–H groups in total. The molecular formula is C18H17N3O4S2. The van der Waals surface area contributed by atoms with Crippen molar-refractivity contribution in [3.8, 4) is 0 Å². The van der Waals surface area contributed by atoms with Crippen LogP contribution in [0, 0.1) is 0 Å². The summed E-state index contributed by atoms with van der Waals surface area (Å²) in [6.07, 6.45) is 0. The number of rotatable bonds is 5. The maximum Gasteiger partial charge on any atom is 0.257 e. The van der Waals surface area contributed by atoms with Gasteiger partial charge in [0.15, 0.2) is 15.0 Å². The molecule has 0 bridgehead atoms. The molecule has 0 radical (unpaired) electrons. The van der Waals surface area contributed by atoms with E-state index >= 15 is 0 Å². The smallest absolute Gasteiger partial charge is 0.257 e. The number of amides is 2. The molecule has 0 aliphatic rings. The van der Waals surface area contributed by atoms with Crippen molar-refractivity contribution in [1.29, 1.82) is 0 Å². The lowest BCUT2D eigenvalue weighted by Gasteiger charge is -2.04. The Morgan fingerprint density at radius 3 is 2.41 bits per heavy atom. The molecule has 27 heavy (non-hydrogen) atoms. The fourth-order valence-corrected chi connectivity index (χ4v) is 4.19. The van der Waals surface area contributed by atoms with E-state index in [-0.39, 0.29) is 22.5 Å². The highest BCUT2D eigenvalue weighted by atomic mass is 32.2. The van der Waals surface area contributed by atoms with Gasteiger partial charge in [0.2, 0.25) is 5.91 Å². The zero-order valence-corrected chi connectivity index (χ0v) is 16.3. The highest BCUT2D eigenvalue weighted by Crippen LogP contribution is 2.28. The fourth-order valence-electron chi connectivity index (χ4n) is 2.41. The topological polar surface area (TPSA) is 105 Å². The number of hydrogen-bond donors (Lipinski definition) is 2. The average molecular weight is 403 g/mol. The molecule has 0 aliphatic carbocycles. The number of fused-ring (bicyclic) bond motifs is 1. The predicted molar refractivity (Wildman–Crippen MR) is 106 cm³/mol. The first-order valence-corrected chi connectivity index (χ1v) is 10.6. The number of aromatic nitrogens is 1. The zero-order chi connectivity index (χ0) is 19.6. The molecule has 0 spiro atoms. The Balaban J connectivity index is 1.78. The van der Waals surface area contributed by atoms with Crippen molar-refractivity contribution >= 4 is 54.0 Å². The number of hydrogen-bond acceptors (Lipinski definition) is 6. The van der Waals surface area contributed by atoms with Crippen LogP contribution in [0.15, 0.2) is 47.4 Å². The van der Waals surface area contributed by atoms with Crippen molar-refractivity contribution in [3.05, 3.63) is 48.0 Å². The van der Waals surface area contributed by atoms with Crippen molar-refractivity contribution in [3.63, 3.8) is 0 Å². The van der Waals surface area contributed by atoms with Crippen molar-refractivity contribution in [1.82, 2.24) is 4.98 Å². The quantitative estimate of drug-likeness (QED) is 0.680. The van der Waals surface area contributed by atoms with E-state index in [1.165, 1.54) is 42.5 Å². The molecule has 0 unspecified atom stereocenters. The normalized spacial score (nSPS) is 11.3. The lowest BCUT2D eigenvalue weighted by molar-refractivity contribution is -0.114. The highest BCUT2D eigenvalue weighted by Gasteiger charge is 2.14. The van der Waals surface area contributed by atoms with Gasteiger partial charge < -0.3 is 5.32 Å². The molecule has 2 aromatic carbocycles. The largest absolute Gasteiger partial charge is 0.326 e. The second-order valence-electron chi connectivity index (χ2n) is 5.76. The first-order valence-electron chi connectivity index (χ1n) is 8.11. The van der Waals surface area contributed by atoms with Gasteiger partial charge in [0.25, 0.3) is 5.91 Å². The van der Waals surface area contributed by atoms with Gasteiger partial charge in [0, 0.05) is 18.2 Å². The van der Waals surface area contributed by atoms with Crippen LogP contribution >= 0.6 is 11.3 Å². The number of sulfone groups is 1. The first kappa shape index (κ1) is 19.0. The Kier molecular flexibility index (Phi) is 5.24. The Bertz CT molecular complexity index is 1120. The van der Waals surface area contributed by atoms with Crippen LogP contribution in [0.2, 0.25) is 0 Å². The standard InChI is InChI=1S/C18H17N3O4S2/c1-3-27(24,25)14-7-4-12(5-8-14)17(23)21-18-20-15-9-6-13(19-11(2)22)10-16(15)26-18/h4-10H,3H2,1-2H3,(H,19,22)(H,20,21,23). The summed E-state index contributed by atoms with van der Waals surface area (Å²) in [5, 5.41) is 5.83. The number of carbonyl (C=O) groups excluding carboxylic acids is 2. The molecule has 9 heteroatoms. The van der Waals surface area contributed by atoms with Crippen LogP contribution in [0.4, 0.5) is 10.8 Å². The molecule has 1 heterocycles. The van der Waals surface area contributed by atoms with E-state index in [4.69, 9.17) is 0 Å². The monoisotopic (exact) mass is 403 g/mol. The summed E-state index contributed by atoms with van der Waals surface area (Å²) in [6.45, 7) is 3.00. The van der Waals surface area contributed by atoms with E-state index in [0.29, 0.717) is 21.9 Å². The van der Waals surface area contributed by atoms with Crippen molar-refractivity contribution < 1.29 is 18.0 Å². The third kappa shape index (κ3) is 4.32. The van der Waals surface area contributed by atoms with Crippen molar-refractivity contribution in [2.45, 2.75) is 18.7 Å². The average Bonchev–Trinajstić information content (AvgIpc) is 3.02. The Morgan fingerprint density at radius 2 is 1.78 bits per heavy atom. The molecule has 0 aliphatic heterocycles. The molecule has 0 saturated heterocycles. The molecule has 0 saturated carbocycles. The summed E-state index contributed by atoms with van der Waals surface area (Å²) in [6, 6.07) is 11.1. The molecule has 2 amide bonds. The number of carbonyl (C=O) groups is 2. The zero-order valence-electron chi connectivity index (χ0n) is 14.6. The molecule has 3 rings (SSSR count). The van der Waals surface area contributed by atoms with Crippen LogP contribution in [0.25, 0.3) is 10.2 Å². The molecule has 1 aromatic heterocycles. The summed E-state index contributed by atoms with van der Waals surface area (Å²) in [5.41, 5.74) is 1.70. The van der Waals surface area contributed by atoms with E-state index in [9.17, 15) is 18.0 Å². The minimum atomic E-state index is -3.30. The SMILES string of the molecule is CCS(=O)(=O)c1ccc(C(=O)Nc2nc3ccc(NC(C)=O)cc3s2)cc1. The number of nitrogens with zero attached hydrogens (tertiary/aromatic N) is 1. The van der Waals surface area contributed by atoms with E-state index in [1.54, 1.807) is 25.1 Å². The fraction of sp³-hybridized carbons (Fsp3) is 0.167. The Labute approximate surface area is 160 Å². The number of anilines is 2. The molecule has 7 nitrogen and oxygen atoms in total. The van der Waals surface area contributed by atoms with Gasteiger partial charge in [-0.05, 0) is 42.5 Å². The van der Waals surface area contributed by atoms with E-state index in [0.717, 1.165) is 4.70 Å². The lowest BCUT2D eigenvalue weighted by atomic mass is 10.2. The van der Waals surface area contributed by atoms with Gasteiger partial charge in [0.05, 0.1) is 20.9 Å². The Hall–Kier alpha value is -2.78. The summed E-state index contributed by atoms with van der Waals surface area (Å²) in [7, 11) is -3.30. The lowest BCUT2D eigenvalue weighted by Crippen LogP contribution is -2.12. The number of benzene rings is 2. The molecule has 0 fully saturated rings. The minimum absolute atomic E-state index is 0.00468. The van der Waals surface area contributed by atoms with Crippen LogP contribution < -0.4 is 10.6 Å². The predicted octanol–water partition coefficient (Wildman–Crippen LogP) is 3.30. The second-order valence-corrected chi connectivity index (χ2v) is 9.07. The van der Waals surface area contributed by atoms with E-state index < -0.39 is 9.84 Å². The number of thiazole rings is 1. The van der Waals surface area contributed by atoms with Gasteiger partial charge in [-0.2, -0.15) is 0 Å². The minimum Gasteiger partial charge on any atom is -0.326 e. The van der Waals surface area contributed by atoms with Gasteiger partial charge in [-0.15, -0.1) is 0 Å². The van der Waals surface area contributed by atoms with Gasteiger partial charge >= 0.3 is 0 Å².